The van der Waals surface area contributed by atoms with Gasteiger partial charge in [0.05, 0.1) is 0 Å². The summed E-state index contributed by atoms with van der Waals surface area (Å²) in [5, 5.41) is 3.13. The van der Waals surface area contributed by atoms with E-state index in [1.54, 1.807) is 0 Å². The molecule has 0 saturated heterocycles. The molecule has 0 aliphatic rings. The molecule has 0 bridgehead atoms. The molecule has 18 heavy (non-hydrogen) atoms. The molecule has 3 nitrogen and oxygen atoms in total. The largest absolute Gasteiger partial charge is 0.345 e. The lowest BCUT2D eigenvalue weighted by Crippen LogP contribution is -2.18. The quantitative estimate of drug-likeness (QED) is 0.813. The molecule has 0 radical (unpaired) electrons. The Bertz CT molecular complexity index is 502. The van der Waals surface area contributed by atoms with Crippen molar-refractivity contribution in [3.05, 3.63) is 71.8 Å². The smallest absolute Gasteiger partial charge is 0.209 e. The zero-order valence-corrected chi connectivity index (χ0v) is 10.9. The van der Waals surface area contributed by atoms with Gasteiger partial charge >= 0.3 is 0 Å². The summed E-state index contributed by atoms with van der Waals surface area (Å²) in [6.07, 6.45) is 0. The van der Waals surface area contributed by atoms with Gasteiger partial charge in [0.15, 0.2) is 0 Å². The molecule has 2 N–H and O–H groups in total. The predicted octanol–water partition coefficient (Wildman–Crippen LogP) is 2.94. The molecule has 0 fully saturated rings. The van der Waals surface area contributed by atoms with Gasteiger partial charge in [-0.25, -0.2) is 0 Å². The first kappa shape index (κ1) is 13.0. The first-order valence-corrected chi connectivity index (χ1v) is 7.26. The van der Waals surface area contributed by atoms with Crippen LogP contribution in [0, 0.1) is 0 Å². The fraction of sp³-hybridized carbons (Fsp3) is 0.143. The van der Waals surface area contributed by atoms with E-state index >= 15 is 0 Å². The van der Waals surface area contributed by atoms with E-state index in [9.17, 15) is 9.46 Å². The maximum atomic E-state index is 11.4. The van der Waals surface area contributed by atoms with Crippen LogP contribution in [0.25, 0.3) is 0 Å². The molecule has 4 heteroatoms. The molecule has 2 aromatic rings. The van der Waals surface area contributed by atoms with Crippen molar-refractivity contribution < 1.29 is 9.46 Å². The summed E-state index contributed by atoms with van der Waals surface area (Å²) in [5.74, 6) is -0.489. The number of nitrogens with one attached hydrogen (secondary N) is 1. The molecule has 0 amide bonds. The molecule has 2 atom stereocenters. The second-order valence-corrected chi connectivity index (χ2v) is 5.30. The molecule has 2 aromatic carbocycles. The molecule has 94 valence electrons. The summed E-state index contributed by atoms with van der Waals surface area (Å²) in [7, 11) is -2.66. The molecule has 0 aliphatic carbocycles. The lowest BCUT2D eigenvalue weighted by Gasteiger charge is -2.16. The van der Waals surface area contributed by atoms with E-state index < -0.39 is 13.8 Å². The fourth-order valence-corrected chi connectivity index (χ4v) is 2.56. The van der Waals surface area contributed by atoms with Gasteiger partial charge in [0.2, 0.25) is 8.03 Å². The van der Waals surface area contributed by atoms with Crippen molar-refractivity contribution in [3.8, 4) is 0 Å². The van der Waals surface area contributed by atoms with Crippen LogP contribution in [0.2, 0.25) is 0 Å². The molecule has 2 rings (SSSR count). The Kier molecular flexibility index (Phi) is 4.71. The first-order chi connectivity index (χ1) is 8.77. The van der Waals surface area contributed by atoms with E-state index in [0.29, 0.717) is 6.54 Å². The molecule has 0 saturated carbocycles. The second-order valence-electron chi connectivity index (χ2n) is 4.05. The van der Waals surface area contributed by atoms with Crippen LogP contribution in [0.3, 0.4) is 0 Å². The molecule has 0 aliphatic heterocycles. The molecular formula is C14H16NO2P. The normalized spacial score (nSPS) is 14.1. The minimum Gasteiger partial charge on any atom is -0.345 e. The zero-order chi connectivity index (χ0) is 12.8. The molecule has 2 unspecified atom stereocenters. The van der Waals surface area contributed by atoms with Crippen molar-refractivity contribution in [1.82, 2.24) is 5.32 Å². The predicted molar refractivity (Wildman–Crippen MR) is 73.7 cm³/mol. The molecule has 0 aromatic heterocycles. The highest BCUT2D eigenvalue weighted by Gasteiger charge is 2.15. The van der Waals surface area contributed by atoms with Crippen LogP contribution in [0.1, 0.15) is 16.9 Å². The van der Waals surface area contributed by atoms with Crippen LogP contribution in [0.15, 0.2) is 60.7 Å². The standard InChI is InChI=1S/C14H16NO2P/c16-18(17)14(13-9-5-2-6-10-13)15-11-12-7-3-1-4-8-12/h1-10,14-15,18H,11H2,(H,16,17). The highest BCUT2D eigenvalue weighted by Crippen LogP contribution is 2.34. The van der Waals surface area contributed by atoms with Gasteiger partial charge in [-0.2, -0.15) is 0 Å². The Morgan fingerprint density at radius 3 is 2.11 bits per heavy atom. The third-order valence-electron chi connectivity index (χ3n) is 2.73. The Hall–Kier alpha value is -1.41. The Morgan fingerprint density at radius 1 is 1.00 bits per heavy atom. The van der Waals surface area contributed by atoms with E-state index in [0.717, 1.165) is 11.1 Å². The Labute approximate surface area is 107 Å². The first-order valence-electron chi connectivity index (χ1n) is 5.82. The van der Waals surface area contributed by atoms with Crippen LogP contribution >= 0.6 is 8.03 Å². The average Bonchev–Trinajstić information content (AvgIpc) is 2.41. The Morgan fingerprint density at radius 2 is 1.56 bits per heavy atom. The van der Waals surface area contributed by atoms with Crippen LogP contribution in [0.5, 0.6) is 0 Å². The second kappa shape index (κ2) is 6.50. The monoisotopic (exact) mass is 261 g/mol. The van der Waals surface area contributed by atoms with Gasteiger partial charge in [-0.3, -0.25) is 9.88 Å². The fourth-order valence-electron chi connectivity index (χ4n) is 1.81. The summed E-state index contributed by atoms with van der Waals surface area (Å²) in [6.45, 7) is 0.581. The minimum atomic E-state index is -2.66. The van der Waals surface area contributed by atoms with Gasteiger partial charge in [-0.1, -0.05) is 60.7 Å². The third-order valence-corrected chi connectivity index (χ3v) is 3.76. The zero-order valence-electron chi connectivity index (χ0n) is 9.91. The SMILES string of the molecule is O=[PH](O)C(NCc1ccccc1)c1ccccc1. The van der Waals surface area contributed by atoms with E-state index in [1.807, 2.05) is 60.7 Å². The maximum Gasteiger partial charge on any atom is 0.209 e. The van der Waals surface area contributed by atoms with E-state index in [-0.39, 0.29) is 0 Å². The topological polar surface area (TPSA) is 49.3 Å². The van der Waals surface area contributed by atoms with Crippen molar-refractivity contribution in [3.63, 3.8) is 0 Å². The summed E-state index contributed by atoms with van der Waals surface area (Å²) >= 11 is 0. The van der Waals surface area contributed by atoms with Crippen molar-refractivity contribution >= 4 is 8.03 Å². The summed E-state index contributed by atoms with van der Waals surface area (Å²) in [6, 6.07) is 19.2. The minimum absolute atomic E-state index is 0.489. The van der Waals surface area contributed by atoms with Crippen molar-refractivity contribution in [2.45, 2.75) is 12.3 Å². The van der Waals surface area contributed by atoms with E-state index in [2.05, 4.69) is 5.32 Å². The van der Waals surface area contributed by atoms with E-state index in [4.69, 9.17) is 0 Å². The third kappa shape index (κ3) is 3.54. The summed E-state index contributed by atoms with van der Waals surface area (Å²) < 4.78 is 11.4. The van der Waals surface area contributed by atoms with Gasteiger partial charge in [0.1, 0.15) is 5.78 Å². The van der Waals surface area contributed by atoms with Crippen LogP contribution in [-0.4, -0.2) is 4.89 Å². The van der Waals surface area contributed by atoms with Gasteiger partial charge in [0.25, 0.3) is 0 Å². The highest BCUT2D eigenvalue weighted by atomic mass is 31.1. The van der Waals surface area contributed by atoms with Crippen molar-refractivity contribution in [1.29, 1.82) is 0 Å². The van der Waals surface area contributed by atoms with Gasteiger partial charge in [-0.15, -0.1) is 0 Å². The Balaban J connectivity index is 2.06. The number of hydrogen-bond donors (Lipinski definition) is 2. The summed E-state index contributed by atoms with van der Waals surface area (Å²) in [5.41, 5.74) is 1.95. The number of rotatable bonds is 5. The molecular weight excluding hydrogens is 245 g/mol. The maximum absolute atomic E-state index is 11.4. The average molecular weight is 261 g/mol. The molecule has 0 heterocycles. The van der Waals surface area contributed by atoms with Gasteiger partial charge in [0, 0.05) is 6.54 Å². The van der Waals surface area contributed by atoms with Gasteiger partial charge < -0.3 is 4.89 Å². The van der Waals surface area contributed by atoms with Crippen molar-refractivity contribution in [2.24, 2.45) is 0 Å². The van der Waals surface area contributed by atoms with Crippen LogP contribution in [0.4, 0.5) is 0 Å². The van der Waals surface area contributed by atoms with Gasteiger partial charge in [-0.05, 0) is 11.1 Å². The highest BCUT2D eigenvalue weighted by molar-refractivity contribution is 7.38. The lowest BCUT2D eigenvalue weighted by atomic mass is 10.2. The van der Waals surface area contributed by atoms with Crippen molar-refractivity contribution in [2.75, 3.05) is 0 Å². The van der Waals surface area contributed by atoms with E-state index in [1.165, 1.54) is 0 Å². The van der Waals surface area contributed by atoms with Crippen LogP contribution in [-0.2, 0) is 11.1 Å². The van der Waals surface area contributed by atoms with Crippen LogP contribution < -0.4 is 5.32 Å². The summed E-state index contributed by atoms with van der Waals surface area (Å²) in [4.78, 5) is 9.43. The number of benzene rings is 2. The number of hydrogen-bond acceptors (Lipinski definition) is 2. The molecule has 0 spiro atoms. The lowest BCUT2D eigenvalue weighted by molar-refractivity contribution is 0.474.